The van der Waals surface area contributed by atoms with Crippen LogP contribution >= 0.6 is 11.3 Å². The molecule has 38 heavy (non-hydrogen) atoms. The summed E-state index contributed by atoms with van der Waals surface area (Å²) in [6.07, 6.45) is -1.30. The standard InChI is InChI=1S/C24H29F2N7O3S2/c1-13(2)23(34)33-9-7-32(8-10-33)17-12-15(38(35,36)31-24(4)5-6-24)11-16-18(17)27-14(3)28-19(16)21-29-30-22(37-21)20(25)26/h11-13,20,31H,5-10H2,1-4H3. The predicted octanol–water partition coefficient (Wildman–Crippen LogP) is 3.53. The number of aromatic nitrogens is 4. The van der Waals surface area contributed by atoms with Crippen LogP contribution in [-0.4, -0.2) is 71.1 Å². The zero-order valence-corrected chi connectivity index (χ0v) is 23.2. The Labute approximate surface area is 223 Å². The Hall–Kier alpha value is -2.84. The average molecular weight is 566 g/mol. The lowest BCUT2D eigenvalue weighted by molar-refractivity contribution is -0.134. The number of carbonyl (C=O) groups excluding carboxylic acids is 1. The molecule has 2 aromatic heterocycles. The number of carbonyl (C=O) groups is 1. The van der Waals surface area contributed by atoms with Crippen LogP contribution in [0.1, 0.15) is 50.9 Å². The van der Waals surface area contributed by atoms with Gasteiger partial charge < -0.3 is 9.80 Å². The highest BCUT2D eigenvalue weighted by Crippen LogP contribution is 2.39. The van der Waals surface area contributed by atoms with Crippen molar-refractivity contribution in [2.24, 2.45) is 5.92 Å². The first kappa shape index (κ1) is 26.8. The van der Waals surface area contributed by atoms with Gasteiger partial charge in [0.25, 0.3) is 6.43 Å². The molecule has 1 aliphatic heterocycles. The average Bonchev–Trinajstić information content (AvgIpc) is 3.37. The van der Waals surface area contributed by atoms with Crippen LogP contribution in [0.3, 0.4) is 0 Å². The Morgan fingerprint density at radius 3 is 2.37 bits per heavy atom. The quantitative estimate of drug-likeness (QED) is 0.462. The number of amides is 1. The fraction of sp³-hybridized carbons (Fsp3) is 0.542. The van der Waals surface area contributed by atoms with Crippen molar-refractivity contribution in [1.82, 2.24) is 29.8 Å². The van der Waals surface area contributed by atoms with Gasteiger partial charge in [0.2, 0.25) is 15.9 Å². The minimum absolute atomic E-state index is 0.0288. The van der Waals surface area contributed by atoms with E-state index >= 15 is 0 Å². The van der Waals surface area contributed by atoms with E-state index in [0.29, 0.717) is 59.9 Å². The van der Waals surface area contributed by atoms with E-state index in [1.165, 1.54) is 6.07 Å². The normalized spacial score (nSPS) is 17.6. The summed E-state index contributed by atoms with van der Waals surface area (Å²) in [5.74, 6) is 0.336. The number of hydrogen-bond donors (Lipinski definition) is 1. The molecule has 5 rings (SSSR count). The Balaban J connectivity index is 1.64. The molecule has 2 fully saturated rings. The van der Waals surface area contributed by atoms with E-state index < -0.39 is 27.0 Å². The molecule has 0 spiro atoms. The van der Waals surface area contributed by atoms with Crippen molar-refractivity contribution in [3.63, 3.8) is 0 Å². The first-order valence-electron chi connectivity index (χ1n) is 12.4. The Morgan fingerprint density at radius 1 is 1.11 bits per heavy atom. The summed E-state index contributed by atoms with van der Waals surface area (Å²) in [4.78, 5) is 25.4. The molecule has 0 bridgehead atoms. The number of piperazine rings is 1. The second-order valence-corrected chi connectivity index (χ2v) is 13.0. The van der Waals surface area contributed by atoms with Gasteiger partial charge in [-0.1, -0.05) is 25.2 Å². The van der Waals surface area contributed by atoms with Crippen LogP contribution in [0.4, 0.5) is 14.5 Å². The highest BCUT2D eigenvalue weighted by atomic mass is 32.2. The Morgan fingerprint density at radius 2 is 1.79 bits per heavy atom. The molecule has 3 heterocycles. The number of aryl methyl sites for hydroxylation is 1. The first-order chi connectivity index (χ1) is 17.9. The molecule has 204 valence electrons. The van der Waals surface area contributed by atoms with E-state index in [1.807, 2.05) is 25.7 Å². The van der Waals surface area contributed by atoms with E-state index in [4.69, 9.17) is 0 Å². The number of nitrogens with one attached hydrogen (secondary N) is 1. The zero-order valence-electron chi connectivity index (χ0n) is 21.5. The van der Waals surface area contributed by atoms with E-state index in [0.717, 1.165) is 12.8 Å². The van der Waals surface area contributed by atoms with Gasteiger partial charge in [-0.2, -0.15) is 0 Å². The molecule has 10 nitrogen and oxygen atoms in total. The summed E-state index contributed by atoms with van der Waals surface area (Å²) >= 11 is 0.713. The van der Waals surface area contributed by atoms with Gasteiger partial charge >= 0.3 is 0 Å². The zero-order chi connectivity index (χ0) is 27.4. The number of anilines is 1. The molecule has 0 radical (unpaired) electrons. The van der Waals surface area contributed by atoms with Gasteiger partial charge in [-0.3, -0.25) is 4.79 Å². The van der Waals surface area contributed by atoms with Gasteiger partial charge in [-0.05, 0) is 38.8 Å². The second-order valence-electron chi connectivity index (χ2n) is 10.3. The summed E-state index contributed by atoms with van der Waals surface area (Å²) < 4.78 is 56.2. The monoisotopic (exact) mass is 565 g/mol. The van der Waals surface area contributed by atoms with Crippen molar-refractivity contribution >= 4 is 43.9 Å². The maximum Gasteiger partial charge on any atom is 0.291 e. The smallest absolute Gasteiger partial charge is 0.291 e. The fourth-order valence-electron chi connectivity index (χ4n) is 4.48. The first-order valence-corrected chi connectivity index (χ1v) is 14.7. The second kappa shape index (κ2) is 9.72. The number of fused-ring (bicyclic) bond motifs is 1. The van der Waals surface area contributed by atoms with Crippen LogP contribution in [0.25, 0.3) is 21.6 Å². The van der Waals surface area contributed by atoms with Gasteiger partial charge in [0.1, 0.15) is 11.5 Å². The summed E-state index contributed by atoms with van der Waals surface area (Å²) in [6.45, 7) is 9.18. The van der Waals surface area contributed by atoms with Crippen LogP contribution in [-0.2, 0) is 14.8 Å². The number of halogens is 2. The molecule has 14 heteroatoms. The highest BCUT2D eigenvalue weighted by molar-refractivity contribution is 7.89. The topological polar surface area (TPSA) is 121 Å². The van der Waals surface area contributed by atoms with E-state index in [-0.39, 0.29) is 27.4 Å². The largest absolute Gasteiger partial charge is 0.366 e. The maximum absolute atomic E-state index is 13.4. The van der Waals surface area contributed by atoms with Gasteiger partial charge in [0.05, 0.1) is 16.1 Å². The van der Waals surface area contributed by atoms with Crippen LogP contribution < -0.4 is 9.62 Å². The molecule has 1 aliphatic carbocycles. The molecular formula is C24H29F2N7O3S2. The summed E-state index contributed by atoms with van der Waals surface area (Å²) in [6, 6.07) is 3.07. The Bertz CT molecular complexity index is 1500. The number of benzene rings is 1. The number of hydrogen-bond acceptors (Lipinski definition) is 9. The third-order valence-electron chi connectivity index (χ3n) is 6.81. The van der Waals surface area contributed by atoms with Crippen molar-refractivity contribution in [3.05, 3.63) is 23.0 Å². The lowest BCUT2D eigenvalue weighted by Gasteiger charge is -2.37. The number of rotatable bonds is 7. The molecule has 1 amide bonds. The maximum atomic E-state index is 13.4. The van der Waals surface area contributed by atoms with Crippen LogP contribution in [0.2, 0.25) is 0 Å². The predicted molar refractivity (Wildman–Crippen MR) is 140 cm³/mol. The molecule has 1 saturated carbocycles. The molecule has 0 unspecified atom stereocenters. The van der Waals surface area contributed by atoms with Crippen molar-refractivity contribution in [1.29, 1.82) is 0 Å². The minimum Gasteiger partial charge on any atom is -0.366 e. The summed E-state index contributed by atoms with van der Waals surface area (Å²) in [5.41, 5.74) is 0.822. The summed E-state index contributed by atoms with van der Waals surface area (Å²) in [7, 11) is -3.91. The van der Waals surface area contributed by atoms with E-state index in [2.05, 4.69) is 24.9 Å². The van der Waals surface area contributed by atoms with Crippen molar-refractivity contribution in [2.75, 3.05) is 31.1 Å². The molecule has 1 saturated heterocycles. The van der Waals surface area contributed by atoms with Crippen LogP contribution in [0.5, 0.6) is 0 Å². The third-order valence-corrected chi connectivity index (χ3v) is 9.37. The molecule has 2 aliphatic rings. The van der Waals surface area contributed by atoms with Crippen molar-refractivity contribution < 1.29 is 22.0 Å². The third kappa shape index (κ3) is 5.21. The van der Waals surface area contributed by atoms with Gasteiger partial charge in [0.15, 0.2) is 10.0 Å². The molecule has 0 atom stereocenters. The van der Waals surface area contributed by atoms with E-state index in [1.54, 1.807) is 17.9 Å². The SMILES string of the molecule is Cc1nc(-c2nnc(C(F)F)s2)c2cc(S(=O)(=O)NC3(C)CC3)cc(N3CCN(C(=O)C(C)C)CC3)c2n1. The molecule has 1 aromatic carbocycles. The lowest BCUT2D eigenvalue weighted by Crippen LogP contribution is -2.50. The number of alkyl halides is 2. The number of sulfonamides is 1. The Kier molecular flexibility index (Phi) is 6.84. The number of nitrogens with zero attached hydrogens (tertiary/aromatic N) is 6. The lowest BCUT2D eigenvalue weighted by atomic mass is 10.1. The highest BCUT2D eigenvalue weighted by Gasteiger charge is 2.41. The van der Waals surface area contributed by atoms with Gasteiger partial charge in [-0.25, -0.2) is 31.9 Å². The minimum atomic E-state index is -3.91. The summed E-state index contributed by atoms with van der Waals surface area (Å²) in [5, 5.41) is 7.61. The van der Waals surface area contributed by atoms with Crippen LogP contribution in [0.15, 0.2) is 17.0 Å². The van der Waals surface area contributed by atoms with Gasteiger partial charge in [0, 0.05) is 43.0 Å². The van der Waals surface area contributed by atoms with Crippen molar-refractivity contribution in [3.8, 4) is 10.7 Å². The van der Waals surface area contributed by atoms with Gasteiger partial charge in [-0.15, -0.1) is 10.2 Å². The molecule has 3 aromatic rings. The fourth-order valence-corrected chi connectivity index (χ4v) is 6.70. The van der Waals surface area contributed by atoms with Crippen molar-refractivity contribution in [2.45, 2.75) is 57.4 Å². The van der Waals surface area contributed by atoms with Crippen LogP contribution in [0, 0.1) is 12.8 Å². The molecular weight excluding hydrogens is 536 g/mol. The van der Waals surface area contributed by atoms with E-state index in [9.17, 15) is 22.0 Å². The molecule has 1 N–H and O–H groups in total.